The summed E-state index contributed by atoms with van der Waals surface area (Å²) in [7, 11) is 0. The van der Waals surface area contributed by atoms with E-state index in [0.29, 0.717) is 16.6 Å². The summed E-state index contributed by atoms with van der Waals surface area (Å²) < 4.78 is 2.25. The van der Waals surface area contributed by atoms with Gasteiger partial charge in [-0.05, 0) is 31.0 Å². The third kappa shape index (κ3) is 2.88. The minimum absolute atomic E-state index is 0.339. The number of piperidine rings is 1. The van der Waals surface area contributed by atoms with E-state index in [-0.39, 0.29) is 0 Å². The molecule has 1 saturated heterocycles. The van der Waals surface area contributed by atoms with Gasteiger partial charge in [-0.1, -0.05) is 11.6 Å². The van der Waals surface area contributed by atoms with Crippen molar-refractivity contribution in [3.63, 3.8) is 0 Å². The molecule has 0 spiro atoms. The van der Waals surface area contributed by atoms with Crippen LogP contribution in [0.1, 0.15) is 29.2 Å². The minimum atomic E-state index is -0.512. The molecule has 0 aliphatic carbocycles. The maximum absolute atomic E-state index is 11.1. The second kappa shape index (κ2) is 5.77. The molecule has 0 aromatic carbocycles. The van der Waals surface area contributed by atoms with Crippen LogP contribution in [0.5, 0.6) is 0 Å². The molecule has 1 fully saturated rings. The van der Waals surface area contributed by atoms with Gasteiger partial charge in [-0.25, -0.2) is 4.98 Å². The Kier molecular flexibility index (Phi) is 3.84. The number of rotatable bonds is 3. The Bertz CT molecular complexity index is 633. The van der Waals surface area contributed by atoms with E-state index in [9.17, 15) is 4.79 Å². The van der Waals surface area contributed by atoms with E-state index in [4.69, 9.17) is 17.3 Å². The molecule has 2 N–H and O–H groups in total. The van der Waals surface area contributed by atoms with Crippen LogP contribution in [0.2, 0.25) is 5.02 Å². The number of aromatic nitrogens is 2. The van der Waals surface area contributed by atoms with Crippen LogP contribution >= 0.6 is 11.6 Å². The van der Waals surface area contributed by atoms with Gasteiger partial charge in [-0.3, -0.25) is 4.79 Å². The van der Waals surface area contributed by atoms with E-state index in [2.05, 4.69) is 26.8 Å². The highest BCUT2D eigenvalue weighted by Crippen LogP contribution is 2.30. The van der Waals surface area contributed by atoms with E-state index in [0.717, 1.165) is 31.7 Å². The normalized spacial score (nSPS) is 16.1. The average molecular weight is 305 g/mol. The van der Waals surface area contributed by atoms with Crippen LogP contribution in [0, 0.1) is 0 Å². The zero-order valence-electron chi connectivity index (χ0n) is 11.6. The second-order valence-electron chi connectivity index (χ2n) is 5.24. The topological polar surface area (TPSA) is 64.2 Å². The van der Waals surface area contributed by atoms with Gasteiger partial charge in [0.25, 0.3) is 0 Å². The van der Waals surface area contributed by atoms with E-state index in [1.165, 1.54) is 6.20 Å². The zero-order chi connectivity index (χ0) is 14.8. The summed E-state index contributed by atoms with van der Waals surface area (Å²) in [5.74, 6) is 0.217. The zero-order valence-corrected chi connectivity index (χ0v) is 12.3. The number of nitrogens with zero attached hydrogens (tertiary/aromatic N) is 3. The molecule has 0 saturated carbocycles. The number of carbonyl (C=O) groups is 1. The Hall–Kier alpha value is -2.01. The van der Waals surface area contributed by atoms with Crippen LogP contribution in [0.25, 0.3) is 0 Å². The maximum Gasteiger partial charge on any atom is 0.250 e. The lowest BCUT2D eigenvalue weighted by Crippen LogP contribution is -2.35. The Balaban J connectivity index is 1.71. The molecular formula is C15H17ClN4O. The molecule has 0 radical (unpaired) electrons. The van der Waals surface area contributed by atoms with E-state index in [1.807, 2.05) is 12.1 Å². The molecule has 3 rings (SSSR count). The molecule has 1 aliphatic rings. The number of hydrogen-bond donors (Lipinski definition) is 1. The summed E-state index contributed by atoms with van der Waals surface area (Å²) >= 11 is 6.23. The fourth-order valence-corrected chi connectivity index (χ4v) is 3.05. The maximum atomic E-state index is 11.1. The monoisotopic (exact) mass is 304 g/mol. The van der Waals surface area contributed by atoms with Gasteiger partial charge >= 0.3 is 0 Å². The number of pyridine rings is 1. The van der Waals surface area contributed by atoms with Crippen LogP contribution in [-0.4, -0.2) is 28.5 Å². The van der Waals surface area contributed by atoms with Gasteiger partial charge in [0.05, 0.1) is 10.6 Å². The second-order valence-corrected chi connectivity index (χ2v) is 5.65. The van der Waals surface area contributed by atoms with Crippen molar-refractivity contribution >= 4 is 23.3 Å². The standard InChI is InChI=1S/C15H17ClN4O/c16-13-9-11(14(17)21)10-18-15(13)20-7-3-12(4-8-20)19-5-1-2-6-19/h1-2,5-6,9-10,12H,3-4,7-8H2,(H2,17,21). The number of nitrogens with two attached hydrogens (primary N) is 1. The average Bonchev–Trinajstić information content (AvgIpc) is 3.01. The van der Waals surface area contributed by atoms with E-state index < -0.39 is 5.91 Å². The highest BCUT2D eigenvalue weighted by molar-refractivity contribution is 6.33. The molecule has 5 nitrogen and oxygen atoms in total. The highest BCUT2D eigenvalue weighted by atomic mass is 35.5. The van der Waals surface area contributed by atoms with Crippen molar-refractivity contribution in [3.8, 4) is 0 Å². The Morgan fingerprint density at radius 3 is 2.52 bits per heavy atom. The van der Waals surface area contributed by atoms with Crippen molar-refractivity contribution in [3.05, 3.63) is 47.4 Å². The number of anilines is 1. The van der Waals surface area contributed by atoms with Gasteiger partial charge in [0.1, 0.15) is 5.82 Å². The predicted molar refractivity (Wildman–Crippen MR) is 82.7 cm³/mol. The first-order chi connectivity index (χ1) is 10.1. The largest absolute Gasteiger partial charge is 0.366 e. The van der Waals surface area contributed by atoms with Crippen LogP contribution in [0.4, 0.5) is 5.82 Å². The molecule has 1 aliphatic heterocycles. The highest BCUT2D eigenvalue weighted by Gasteiger charge is 2.22. The van der Waals surface area contributed by atoms with E-state index in [1.54, 1.807) is 6.07 Å². The minimum Gasteiger partial charge on any atom is -0.366 e. The number of halogens is 1. The fraction of sp³-hybridized carbons (Fsp3) is 0.333. The van der Waals surface area contributed by atoms with E-state index >= 15 is 0 Å². The third-order valence-corrected chi connectivity index (χ3v) is 4.20. The smallest absolute Gasteiger partial charge is 0.250 e. The molecule has 2 aromatic heterocycles. The lowest BCUT2D eigenvalue weighted by atomic mass is 10.0. The fourth-order valence-electron chi connectivity index (χ4n) is 2.77. The molecule has 3 heterocycles. The van der Waals surface area contributed by atoms with Crippen molar-refractivity contribution in [2.75, 3.05) is 18.0 Å². The molecule has 6 heteroatoms. The first-order valence-electron chi connectivity index (χ1n) is 6.98. The number of hydrogen-bond acceptors (Lipinski definition) is 3. The quantitative estimate of drug-likeness (QED) is 0.947. The van der Waals surface area contributed by atoms with Crippen LogP contribution < -0.4 is 10.6 Å². The van der Waals surface area contributed by atoms with Gasteiger partial charge in [-0.15, -0.1) is 0 Å². The SMILES string of the molecule is NC(=O)c1cnc(N2CCC(n3cccc3)CC2)c(Cl)c1. The Morgan fingerprint density at radius 2 is 1.95 bits per heavy atom. The lowest BCUT2D eigenvalue weighted by molar-refractivity contribution is 0.1000. The summed E-state index contributed by atoms with van der Waals surface area (Å²) in [5, 5.41) is 0.478. The van der Waals surface area contributed by atoms with Crippen molar-refractivity contribution < 1.29 is 4.79 Å². The van der Waals surface area contributed by atoms with Gasteiger partial charge in [0.2, 0.25) is 5.91 Å². The summed E-state index contributed by atoms with van der Waals surface area (Å²) in [6, 6.07) is 6.21. The van der Waals surface area contributed by atoms with Gasteiger partial charge in [-0.2, -0.15) is 0 Å². The number of primary amides is 1. The van der Waals surface area contributed by atoms with Crippen molar-refractivity contribution in [1.29, 1.82) is 0 Å². The molecule has 21 heavy (non-hydrogen) atoms. The molecule has 110 valence electrons. The Labute approximate surface area is 128 Å². The van der Waals surface area contributed by atoms with Gasteiger partial charge in [0.15, 0.2) is 0 Å². The molecule has 2 aromatic rings. The lowest BCUT2D eigenvalue weighted by Gasteiger charge is -2.34. The summed E-state index contributed by atoms with van der Waals surface area (Å²) in [5.41, 5.74) is 5.57. The van der Waals surface area contributed by atoms with Crippen molar-refractivity contribution in [1.82, 2.24) is 9.55 Å². The van der Waals surface area contributed by atoms with Crippen LogP contribution in [-0.2, 0) is 0 Å². The first-order valence-corrected chi connectivity index (χ1v) is 7.35. The summed E-state index contributed by atoms with van der Waals surface area (Å²) in [4.78, 5) is 17.6. The molecule has 1 amide bonds. The molecule has 0 bridgehead atoms. The van der Waals surface area contributed by atoms with Crippen molar-refractivity contribution in [2.24, 2.45) is 5.73 Å². The molecule has 0 atom stereocenters. The van der Waals surface area contributed by atoms with Crippen molar-refractivity contribution in [2.45, 2.75) is 18.9 Å². The van der Waals surface area contributed by atoms with Gasteiger partial charge in [0, 0.05) is 37.7 Å². The number of amides is 1. The predicted octanol–water partition coefficient (Wildman–Crippen LogP) is 2.48. The molecular weight excluding hydrogens is 288 g/mol. The summed E-state index contributed by atoms with van der Waals surface area (Å²) in [6.45, 7) is 1.79. The molecule has 0 unspecified atom stereocenters. The third-order valence-electron chi connectivity index (χ3n) is 3.92. The van der Waals surface area contributed by atoms with Gasteiger partial charge < -0.3 is 15.2 Å². The Morgan fingerprint density at radius 1 is 1.29 bits per heavy atom. The van der Waals surface area contributed by atoms with Crippen LogP contribution in [0.3, 0.4) is 0 Å². The number of carbonyl (C=O) groups excluding carboxylic acids is 1. The first kappa shape index (κ1) is 13.9. The summed E-state index contributed by atoms with van der Waals surface area (Å²) in [6.07, 6.45) is 7.79. The van der Waals surface area contributed by atoms with Crippen LogP contribution in [0.15, 0.2) is 36.8 Å².